The SMILES string of the molecule is O=C(CN1CCN(C(=O)NCCn2ccnc2)CC1)NC1CC1. The first-order valence-corrected chi connectivity index (χ1v) is 8.21. The van der Waals surface area contributed by atoms with Crippen molar-refractivity contribution < 1.29 is 9.59 Å². The first kappa shape index (κ1) is 15.8. The fraction of sp³-hybridized carbons (Fsp3) is 0.667. The van der Waals surface area contributed by atoms with Gasteiger partial charge in [0.25, 0.3) is 0 Å². The van der Waals surface area contributed by atoms with Crippen molar-refractivity contribution in [2.45, 2.75) is 25.4 Å². The maximum atomic E-state index is 12.1. The molecule has 2 N–H and O–H groups in total. The zero-order chi connectivity index (χ0) is 16.1. The number of urea groups is 1. The normalized spacial score (nSPS) is 18.7. The maximum Gasteiger partial charge on any atom is 0.317 e. The van der Waals surface area contributed by atoms with E-state index >= 15 is 0 Å². The molecule has 0 radical (unpaired) electrons. The van der Waals surface area contributed by atoms with Crippen LogP contribution in [0.4, 0.5) is 4.79 Å². The van der Waals surface area contributed by atoms with E-state index in [9.17, 15) is 9.59 Å². The Morgan fingerprint density at radius 2 is 1.96 bits per heavy atom. The van der Waals surface area contributed by atoms with Gasteiger partial charge in [-0.1, -0.05) is 0 Å². The summed E-state index contributed by atoms with van der Waals surface area (Å²) in [5.41, 5.74) is 0. The fourth-order valence-corrected chi connectivity index (χ4v) is 2.64. The largest absolute Gasteiger partial charge is 0.352 e. The van der Waals surface area contributed by atoms with E-state index in [1.54, 1.807) is 12.5 Å². The minimum absolute atomic E-state index is 0.0350. The molecule has 0 bridgehead atoms. The van der Waals surface area contributed by atoms with E-state index in [1.165, 1.54) is 0 Å². The lowest BCUT2D eigenvalue weighted by atomic mass is 10.3. The third kappa shape index (κ3) is 4.95. The summed E-state index contributed by atoms with van der Waals surface area (Å²) in [6, 6.07) is 0.372. The van der Waals surface area contributed by atoms with Crippen LogP contribution in [0.15, 0.2) is 18.7 Å². The van der Waals surface area contributed by atoms with Crippen LogP contribution in [0, 0.1) is 0 Å². The molecule has 1 aromatic heterocycles. The first-order valence-electron chi connectivity index (χ1n) is 8.21. The molecule has 0 unspecified atom stereocenters. The van der Waals surface area contributed by atoms with Crippen molar-refractivity contribution in [3.63, 3.8) is 0 Å². The molecule has 0 atom stereocenters. The summed E-state index contributed by atoms with van der Waals surface area (Å²) in [6.07, 6.45) is 7.55. The lowest BCUT2D eigenvalue weighted by molar-refractivity contribution is -0.122. The lowest BCUT2D eigenvalue weighted by Crippen LogP contribution is -2.53. The van der Waals surface area contributed by atoms with Crippen molar-refractivity contribution in [1.82, 2.24) is 30.0 Å². The highest BCUT2D eigenvalue weighted by molar-refractivity contribution is 5.78. The standard InChI is InChI=1S/C15H24N6O2/c22-14(18-13-1-2-13)11-19-7-9-21(10-8-19)15(23)17-4-6-20-5-3-16-12-20/h3,5,12-13H,1-2,4,6-11H2,(H,17,23)(H,18,22). The van der Waals surface area contributed by atoms with Crippen molar-refractivity contribution in [1.29, 1.82) is 0 Å². The van der Waals surface area contributed by atoms with Crippen molar-refractivity contribution in [2.75, 3.05) is 39.3 Å². The Balaban J connectivity index is 1.31. The lowest BCUT2D eigenvalue weighted by Gasteiger charge is -2.34. The van der Waals surface area contributed by atoms with Crippen molar-refractivity contribution in [3.8, 4) is 0 Å². The van der Waals surface area contributed by atoms with E-state index < -0.39 is 0 Å². The van der Waals surface area contributed by atoms with E-state index in [0.29, 0.717) is 38.8 Å². The Hall–Kier alpha value is -2.09. The predicted octanol–water partition coefficient (Wildman–Crippen LogP) is -0.511. The molecular weight excluding hydrogens is 296 g/mol. The summed E-state index contributed by atoms with van der Waals surface area (Å²) in [6.45, 7) is 4.54. The molecule has 3 rings (SSSR count). The summed E-state index contributed by atoms with van der Waals surface area (Å²) in [7, 11) is 0. The minimum Gasteiger partial charge on any atom is -0.352 e. The van der Waals surface area contributed by atoms with E-state index in [1.807, 2.05) is 15.7 Å². The summed E-state index contributed by atoms with van der Waals surface area (Å²) < 4.78 is 1.93. The van der Waals surface area contributed by atoms with E-state index in [4.69, 9.17) is 0 Å². The minimum atomic E-state index is -0.0350. The number of imidazole rings is 1. The van der Waals surface area contributed by atoms with Gasteiger partial charge in [-0.25, -0.2) is 9.78 Å². The van der Waals surface area contributed by atoms with Gasteiger partial charge in [0.2, 0.25) is 5.91 Å². The van der Waals surface area contributed by atoms with Gasteiger partial charge in [0.1, 0.15) is 0 Å². The predicted molar refractivity (Wildman–Crippen MR) is 84.8 cm³/mol. The number of nitrogens with zero attached hydrogens (tertiary/aromatic N) is 4. The van der Waals surface area contributed by atoms with E-state index in [2.05, 4.69) is 20.5 Å². The van der Waals surface area contributed by atoms with Crippen molar-refractivity contribution in [3.05, 3.63) is 18.7 Å². The van der Waals surface area contributed by atoms with Gasteiger partial charge < -0.3 is 20.1 Å². The number of carbonyl (C=O) groups excluding carboxylic acids is 2. The van der Waals surface area contributed by atoms with Gasteiger partial charge in [-0.3, -0.25) is 9.69 Å². The molecule has 126 valence electrons. The second-order valence-electron chi connectivity index (χ2n) is 6.14. The Morgan fingerprint density at radius 1 is 1.17 bits per heavy atom. The second-order valence-corrected chi connectivity index (χ2v) is 6.14. The van der Waals surface area contributed by atoms with Crippen LogP contribution in [0.2, 0.25) is 0 Å². The zero-order valence-electron chi connectivity index (χ0n) is 13.3. The highest BCUT2D eigenvalue weighted by Gasteiger charge is 2.26. The second kappa shape index (κ2) is 7.45. The zero-order valence-corrected chi connectivity index (χ0v) is 13.3. The smallest absolute Gasteiger partial charge is 0.317 e. The van der Waals surface area contributed by atoms with Gasteiger partial charge in [0, 0.05) is 57.7 Å². The third-order valence-electron chi connectivity index (χ3n) is 4.17. The topological polar surface area (TPSA) is 82.5 Å². The Kier molecular flexibility index (Phi) is 5.12. The number of hydrogen-bond acceptors (Lipinski definition) is 4. The molecule has 2 heterocycles. The summed E-state index contributed by atoms with van der Waals surface area (Å²) in [4.78, 5) is 31.8. The molecule has 8 heteroatoms. The number of carbonyl (C=O) groups is 2. The average Bonchev–Trinajstić information content (AvgIpc) is 3.20. The van der Waals surface area contributed by atoms with Gasteiger partial charge >= 0.3 is 6.03 Å². The van der Waals surface area contributed by atoms with E-state index in [-0.39, 0.29) is 11.9 Å². The van der Waals surface area contributed by atoms with Gasteiger partial charge in [0.15, 0.2) is 0 Å². The first-order chi connectivity index (χ1) is 11.2. The monoisotopic (exact) mass is 320 g/mol. The average molecular weight is 320 g/mol. The van der Waals surface area contributed by atoms with Gasteiger partial charge in [0.05, 0.1) is 12.9 Å². The summed E-state index contributed by atoms with van der Waals surface area (Å²) in [5, 5.41) is 5.92. The highest BCUT2D eigenvalue weighted by Crippen LogP contribution is 2.18. The van der Waals surface area contributed by atoms with Crippen LogP contribution in [-0.4, -0.2) is 76.6 Å². The molecule has 1 aromatic rings. The van der Waals surface area contributed by atoms with Crippen LogP contribution < -0.4 is 10.6 Å². The quantitative estimate of drug-likeness (QED) is 0.739. The van der Waals surface area contributed by atoms with Gasteiger partial charge in [-0.2, -0.15) is 0 Å². The number of amides is 3. The van der Waals surface area contributed by atoms with Gasteiger partial charge in [-0.05, 0) is 12.8 Å². The highest BCUT2D eigenvalue weighted by atomic mass is 16.2. The van der Waals surface area contributed by atoms with Crippen molar-refractivity contribution >= 4 is 11.9 Å². The molecule has 2 aliphatic rings. The maximum absolute atomic E-state index is 12.1. The molecule has 0 spiro atoms. The van der Waals surface area contributed by atoms with Crippen LogP contribution in [0.5, 0.6) is 0 Å². The van der Waals surface area contributed by atoms with Crippen LogP contribution in [0.25, 0.3) is 0 Å². The molecule has 2 fully saturated rings. The Bertz CT molecular complexity index is 520. The van der Waals surface area contributed by atoms with Crippen LogP contribution in [0.3, 0.4) is 0 Å². The molecule has 23 heavy (non-hydrogen) atoms. The molecule has 1 aliphatic heterocycles. The number of piperazine rings is 1. The van der Waals surface area contributed by atoms with Crippen molar-refractivity contribution in [2.24, 2.45) is 0 Å². The van der Waals surface area contributed by atoms with Crippen LogP contribution in [0.1, 0.15) is 12.8 Å². The number of rotatable bonds is 6. The number of nitrogens with one attached hydrogen (secondary N) is 2. The van der Waals surface area contributed by atoms with Crippen LogP contribution >= 0.6 is 0 Å². The molecule has 1 aliphatic carbocycles. The molecule has 1 saturated heterocycles. The van der Waals surface area contributed by atoms with E-state index in [0.717, 1.165) is 25.9 Å². The number of hydrogen-bond donors (Lipinski definition) is 2. The van der Waals surface area contributed by atoms with Crippen LogP contribution in [-0.2, 0) is 11.3 Å². The third-order valence-corrected chi connectivity index (χ3v) is 4.17. The Morgan fingerprint density at radius 3 is 2.61 bits per heavy atom. The molecule has 0 aromatic carbocycles. The van der Waals surface area contributed by atoms with Gasteiger partial charge in [-0.15, -0.1) is 0 Å². The number of aromatic nitrogens is 2. The molecule has 1 saturated carbocycles. The molecular formula is C15H24N6O2. The Labute approximate surface area is 135 Å². The molecule has 3 amide bonds. The summed E-state index contributed by atoms with van der Waals surface area (Å²) >= 11 is 0. The molecule has 8 nitrogen and oxygen atoms in total. The fourth-order valence-electron chi connectivity index (χ4n) is 2.64. The summed E-state index contributed by atoms with van der Waals surface area (Å²) in [5.74, 6) is 0.103.